The number of hydrogen-bond donors (Lipinski definition) is 0. The van der Waals surface area contributed by atoms with Crippen LogP contribution in [0.5, 0.6) is 0 Å². The molecule has 1 radical (unpaired) electrons. The van der Waals surface area contributed by atoms with E-state index in [9.17, 15) is 0 Å². The zero-order valence-corrected chi connectivity index (χ0v) is 7.73. The van der Waals surface area contributed by atoms with Crippen molar-refractivity contribution in [2.45, 2.75) is 0 Å². The molecule has 0 N–H and O–H groups in total. The Morgan fingerprint density at radius 2 is 1.44 bits per heavy atom. The Morgan fingerprint density at radius 1 is 1.00 bits per heavy atom. The van der Waals surface area contributed by atoms with Crippen molar-refractivity contribution < 1.29 is 0 Å². The van der Waals surface area contributed by atoms with Gasteiger partial charge < -0.3 is 0 Å². The van der Waals surface area contributed by atoms with E-state index < -0.39 is 0 Å². The molecule has 0 amide bonds. The lowest BCUT2D eigenvalue weighted by Gasteiger charge is -1.97. The summed E-state index contributed by atoms with van der Waals surface area (Å²) in [6, 6.07) is 0. The van der Waals surface area contributed by atoms with Crippen LogP contribution in [0, 0.1) is 0 Å². The van der Waals surface area contributed by atoms with E-state index in [1.165, 1.54) is 11.5 Å². The van der Waals surface area contributed by atoms with E-state index in [2.05, 4.69) is 17.8 Å². The fourth-order valence-corrected chi connectivity index (χ4v) is 1.05. The van der Waals surface area contributed by atoms with Crippen LogP contribution in [0.15, 0.2) is 0 Å². The molecule has 9 heavy (non-hydrogen) atoms. The van der Waals surface area contributed by atoms with Gasteiger partial charge in [-0.05, 0) is 12.5 Å². The van der Waals surface area contributed by atoms with Gasteiger partial charge in [0.05, 0.1) is 0 Å². The molecule has 0 saturated carbocycles. The van der Waals surface area contributed by atoms with Crippen LogP contribution < -0.4 is 5.32 Å². The second kappa shape index (κ2) is 8.66. The van der Waals surface area contributed by atoms with E-state index in [1.54, 1.807) is 0 Å². The number of rotatable bonds is 6. The largest absolute Gasteiger partial charge is 0.240 e. The first-order chi connectivity index (χ1) is 4.41. The second-order valence-corrected chi connectivity index (χ2v) is 3.63. The van der Waals surface area contributed by atoms with Crippen LogP contribution >= 0.6 is 23.5 Å². The molecule has 0 rings (SSSR count). The average molecular weight is 164 g/mol. The molecule has 0 spiro atoms. The van der Waals surface area contributed by atoms with Crippen LogP contribution in [0.4, 0.5) is 0 Å². The van der Waals surface area contributed by atoms with Crippen molar-refractivity contribution in [3.05, 3.63) is 0 Å². The van der Waals surface area contributed by atoms with Crippen molar-refractivity contribution in [2.24, 2.45) is 0 Å². The Bertz CT molecular complexity index is 44.3. The average Bonchev–Trinajstić information content (AvgIpc) is 1.89. The van der Waals surface area contributed by atoms with Crippen LogP contribution in [0.3, 0.4) is 0 Å². The molecule has 0 atom stereocenters. The van der Waals surface area contributed by atoms with Gasteiger partial charge >= 0.3 is 0 Å². The lowest BCUT2D eigenvalue weighted by Crippen LogP contribution is -2.11. The summed E-state index contributed by atoms with van der Waals surface area (Å²) in [6.07, 6.45) is 4.23. The molecule has 0 aliphatic rings. The molecule has 55 valence electrons. The summed E-state index contributed by atoms with van der Waals surface area (Å²) in [7, 11) is 0. The quantitative estimate of drug-likeness (QED) is 0.550. The van der Waals surface area contributed by atoms with E-state index in [1.807, 2.05) is 23.5 Å². The third kappa shape index (κ3) is 8.66. The highest BCUT2D eigenvalue weighted by atomic mass is 32.2. The van der Waals surface area contributed by atoms with Crippen molar-refractivity contribution in [1.29, 1.82) is 0 Å². The Labute approximate surface area is 66.4 Å². The highest BCUT2D eigenvalue weighted by Gasteiger charge is 1.85. The van der Waals surface area contributed by atoms with E-state index in [4.69, 9.17) is 0 Å². The predicted molar refractivity (Wildman–Crippen MR) is 48.6 cm³/mol. The molecule has 0 aromatic rings. The first-order valence-corrected chi connectivity index (χ1v) is 5.81. The summed E-state index contributed by atoms with van der Waals surface area (Å²) in [5, 5.41) is 4.31. The molecule has 0 aliphatic carbocycles. The van der Waals surface area contributed by atoms with E-state index >= 15 is 0 Å². The van der Waals surface area contributed by atoms with E-state index in [-0.39, 0.29) is 0 Å². The minimum absolute atomic E-state index is 1.03. The van der Waals surface area contributed by atoms with E-state index in [0.717, 1.165) is 13.1 Å². The van der Waals surface area contributed by atoms with Gasteiger partial charge in [0.1, 0.15) is 0 Å². The summed E-state index contributed by atoms with van der Waals surface area (Å²) in [5.41, 5.74) is 0. The second-order valence-electron chi connectivity index (χ2n) is 1.66. The Hall–Kier alpha value is 0.660. The van der Waals surface area contributed by atoms with Crippen molar-refractivity contribution in [3.63, 3.8) is 0 Å². The van der Waals surface area contributed by atoms with Crippen molar-refractivity contribution in [2.75, 3.05) is 37.1 Å². The lowest BCUT2D eigenvalue weighted by molar-refractivity contribution is 0.758. The third-order valence-corrected chi connectivity index (χ3v) is 2.09. The van der Waals surface area contributed by atoms with Gasteiger partial charge in [0.25, 0.3) is 0 Å². The molecule has 1 nitrogen and oxygen atoms in total. The first-order valence-electron chi connectivity index (χ1n) is 3.03. The molecular formula is C6H14NS2. The normalized spacial score (nSPS) is 10.0. The zero-order chi connectivity index (χ0) is 6.95. The molecule has 0 aromatic carbocycles. The minimum Gasteiger partial charge on any atom is -0.240 e. The number of hydrogen-bond acceptors (Lipinski definition) is 2. The SMILES string of the molecule is CSCC[N]CCSC. The fraction of sp³-hybridized carbons (Fsp3) is 1.00. The van der Waals surface area contributed by atoms with Gasteiger partial charge in [0.2, 0.25) is 0 Å². The summed E-state index contributed by atoms with van der Waals surface area (Å²) in [4.78, 5) is 0. The summed E-state index contributed by atoms with van der Waals surface area (Å²) in [5.74, 6) is 2.35. The smallest absolute Gasteiger partial charge is 0.0224 e. The maximum atomic E-state index is 4.31. The van der Waals surface area contributed by atoms with Gasteiger partial charge in [-0.25, -0.2) is 5.32 Å². The Kier molecular flexibility index (Phi) is 9.30. The van der Waals surface area contributed by atoms with Gasteiger partial charge in [-0.3, -0.25) is 0 Å². The summed E-state index contributed by atoms with van der Waals surface area (Å²) >= 11 is 3.72. The maximum absolute atomic E-state index is 4.31. The molecule has 0 aromatic heterocycles. The van der Waals surface area contributed by atoms with Gasteiger partial charge in [-0.2, -0.15) is 23.5 Å². The predicted octanol–water partition coefficient (Wildman–Crippen LogP) is 1.32. The van der Waals surface area contributed by atoms with Crippen LogP contribution in [-0.4, -0.2) is 37.1 Å². The number of nitrogens with zero attached hydrogens (tertiary/aromatic N) is 1. The lowest BCUT2D eigenvalue weighted by atomic mass is 10.7. The monoisotopic (exact) mass is 164 g/mol. The van der Waals surface area contributed by atoms with Gasteiger partial charge in [0.15, 0.2) is 0 Å². The van der Waals surface area contributed by atoms with Crippen molar-refractivity contribution in [3.8, 4) is 0 Å². The van der Waals surface area contributed by atoms with Crippen molar-refractivity contribution in [1.82, 2.24) is 5.32 Å². The summed E-state index contributed by atoms with van der Waals surface area (Å²) in [6.45, 7) is 2.06. The highest BCUT2D eigenvalue weighted by molar-refractivity contribution is 7.98. The van der Waals surface area contributed by atoms with Gasteiger partial charge in [-0.15, -0.1) is 0 Å². The molecule has 0 bridgehead atoms. The van der Waals surface area contributed by atoms with Gasteiger partial charge in [-0.1, -0.05) is 0 Å². The molecule has 3 heteroatoms. The molecule has 0 saturated heterocycles. The topological polar surface area (TPSA) is 14.1 Å². The highest BCUT2D eigenvalue weighted by Crippen LogP contribution is 1.90. The first kappa shape index (κ1) is 9.66. The summed E-state index contributed by atoms with van der Waals surface area (Å²) < 4.78 is 0. The minimum atomic E-state index is 1.03. The van der Waals surface area contributed by atoms with Crippen LogP contribution in [-0.2, 0) is 0 Å². The Morgan fingerprint density at radius 3 is 1.78 bits per heavy atom. The third-order valence-electron chi connectivity index (χ3n) is 0.907. The maximum Gasteiger partial charge on any atom is 0.0224 e. The van der Waals surface area contributed by atoms with Crippen LogP contribution in [0.25, 0.3) is 0 Å². The Balaban J connectivity index is 2.60. The van der Waals surface area contributed by atoms with E-state index in [0.29, 0.717) is 0 Å². The van der Waals surface area contributed by atoms with Gasteiger partial charge in [0, 0.05) is 24.6 Å². The van der Waals surface area contributed by atoms with Crippen molar-refractivity contribution >= 4 is 23.5 Å². The van der Waals surface area contributed by atoms with Crippen LogP contribution in [0.2, 0.25) is 0 Å². The zero-order valence-electron chi connectivity index (χ0n) is 6.09. The molecule has 0 heterocycles. The molecular weight excluding hydrogens is 150 g/mol. The molecule has 0 fully saturated rings. The number of thioether (sulfide) groups is 2. The standard InChI is InChI=1S/C6H14NS2/c1-8-5-3-7-4-6-9-2/h3-6H2,1-2H3. The molecule has 0 unspecified atom stereocenters. The molecule has 0 aliphatic heterocycles. The fourth-order valence-electron chi connectivity index (χ4n) is 0.423. The van der Waals surface area contributed by atoms with Crippen LogP contribution in [0.1, 0.15) is 0 Å².